The second-order valence-corrected chi connectivity index (χ2v) is 15.2. The number of amides is 2. The zero-order chi connectivity index (χ0) is 31.9. The van der Waals surface area contributed by atoms with Gasteiger partial charge >= 0.3 is 10.2 Å². The standard InChI is InChI=1S/C33H41ClN4O6S/c1-36(2)31(40)19-38-15-4-3-7-29(39)26-11-8-24(26)18-37-20-33(14-5-6-22-16-25(34)10-12-27(22)33)21-44-30-13-9-23(17-28(30)37)32(41)35-45(38,42)43/h3,7,9-10,12-13,16-17,24,26,29,39H,4-6,8,11,14-15,18-21H2,1-2H3,(H,35,41)/b7-3-/t24-,26+,29-,33-/m0/s1. The molecule has 2 N–H and O–H groups in total. The highest BCUT2D eigenvalue weighted by Crippen LogP contribution is 2.46. The van der Waals surface area contributed by atoms with Crippen molar-refractivity contribution in [3.8, 4) is 5.75 Å². The van der Waals surface area contributed by atoms with Crippen LogP contribution in [-0.4, -0.2) is 87.5 Å². The van der Waals surface area contributed by atoms with E-state index in [2.05, 4.69) is 15.7 Å². The van der Waals surface area contributed by atoms with Crippen LogP contribution in [0.4, 0.5) is 5.69 Å². The fourth-order valence-electron chi connectivity index (χ4n) is 7.22. The second-order valence-electron chi connectivity index (χ2n) is 13.1. The average Bonchev–Trinajstić information content (AvgIpc) is 3.12. The number of fused-ring (bicyclic) bond motifs is 4. The molecular formula is C33H41ClN4O6S. The summed E-state index contributed by atoms with van der Waals surface area (Å²) in [6, 6.07) is 11.1. The highest BCUT2D eigenvalue weighted by atomic mass is 35.5. The topological polar surface area (TPSA) is 119 Å². The number of ether oxygens (including phenoxy) is 1. The number of likely N-dealkylation sites (N-methyl/N-ethyl adjacent to an activating group) is 1. The van der Waals surface area contributed by atoms with E-state index in [4.69, 9.17) is 16.3 Å². The van der Waals surface area contributed by atoms with Gasteiger partial charge in [0.1, 0.15) is 5.75 Å². The van der Waals surface area contributed by atoms with Gasteiger partial charge < -0.3 is 19.6 Å². The molecule has 0 radical (unpaired) electrons. The zero-order valence-electron chi connectivity index (χ0n) is 25.7. The number of nitrogens with one attached hydrogen (secondary N) is 1. The zero-order valence-corrected chi connectivity index (χ0v) is 27.3. The van der Waals surface area contributed by atoms with E-state index in [-0.39, 0.29) is 35.8 Å². The van der Waals surface area contributed by atoms with Gasteiger partial charge in [-0.15, -0.1) is 0 Å². The van der Waals surface area contributed by atoms with E-state index in [0.29, 0.717) is 30.5 Å². The van der Waals surface area contributed by atoms with Gasteiger partial charge in [0.05, 0.1) is 24.9 Å². The molecule has 6 rings (SSSR count). The molecule has 2 aliphatic heterocycles. The van der Waals surface area contributed by atoms with Crippen molar-refractivity contribution in [2.45, 2.75) is 50.0 Å². The van der Waals surface area contributed by atoms with Crippen LogP contribution < -0.4 is 14.4 Å². The number of aliphatic hydroxyl groups excluding tert-OH is 1. The molecule has 2 amide bonds. The van der Waals surface area contributed by atoms with Gasteiger partial charge in [0.15, 0.2) is 0 Å². The lowest BCUT2D eigenvalue weighted by Gasteiger charge is -2.45. The van der Waals surface area contributed by atoms with Gasteiger partial charge in [-0.25, -0.2) is 4.72 Å². The first-order valence-corrected chi connectivity index (χ1v) is 17.5. The summed E-state index contributed by atoms with van der Waals surface area (Å²) in [4.78, 5) is 29.6. The summed E-state index contributed by atoms with van der Waals surface area (Å²) >= 11 is 6.39. The molecule has 2 aromatic carbocycles. The van der Waals surface area contributed by atoms with Crippen LogP contribution in [0, 0.1) is 11.8 Å². The molecule has 242 valence electrons. The van der Waals surface area contributed by atoms with Crippen molar-refractivity contribution < 1.29 is 27.9 Å². The lowest BCUT2D eigenvalue weighted by molar-refractivity contribution is -0.128. The van der Waals surface area contributed by atoms with Crippen molar-refractivity contribution in [2.24, 2.45) is 11.8 Å². The van der Waals surface area contributed by atoms with Crippen molar-refractivity contribution in [3.63, 3.8) is 0 Å². The van der Waals surface area contributed by atoms with Gasteiger partial charge in [-0.2, -0.15) is 12.7 Å². The highest BCUT2D eigenvalue weighted by Gasteiger charge is 2.44. The Morgan fingerprint density at radius 1 is 1.20 bits per heavy atom. The van der Waals surface area contributed by atoms with E-state index in [1.807, 2.05) is 12.1 Å². The van der Waals surface area contributed by atoms with Gasteiger partial charge in [0.2, 0.25) is 5.91 Å². The first-order chi connectivity index (χ1) is 21.5. The van der Waals surface area contributed by atoms with E-state index in [9.17, 15) is 23.1 Å². The number of anilines is 1. The molecule has 0 aromatic heterocycles. The maximum absolute atomic E-state index is 13.5. The molecular weight excluding hydrogens is 616 g/mol. The number of hydrogen-bond donors (Lipinski definition) is 2. The number of aryl methyl sites for hydroxylation is 1. The van der Waals surface area contributed by atoms with Crippen LogP contribution in [0.2, 0.25) is 5.02 Å². The average molecular weight is 657 g/mol. The van der Waals surface area contributed by atoms with Crippen molar-refractivity contribution in [1.29, 1.82) is 0 Å². The Bertz CT molecular complexity index is 1610. The molecule has 10 nitrogen and oxygen atoms in total. The van der Waals surface area contributed by atoms with Crippen LogP contribution in [0.1, 0.15) is 53.6 Å². The quantitative estimate of drug-likeness (QED) is 0.475. The summed E-state index contributed by atoms with van der Waals surface area (Å²) in [6.07, 6.45) is 7.83. The smallest absolute Gasteiger partial charge is 0.304 e. The molecule has 4 aliphatic rings. The summed E-state index contributed by atoms with van der Waals surface area (Å²) < 4.78 is 36.5. The molecule has 2 aromatic rings. The predicted octanol–water partition coefficient (Wildman–Crippen LogP) is 3.52. The van der Waals surface area contributed by atoms with Gasteiger partial charge in [-0.3, -0.25) is 9.59 Å². The van der Waals surface area contributed by atoms with Crippen molar-refractivity contribution in [1.82, 2.24) is 13.9 Å². The van der Waals surface area contributed by atoms with Crippen molar-refractivity contribution in [3.05, 3.63) is 70.3 Å². The Morgan fingerprint density at radius 3 is 2.78 bits per heavy atom. The lowest BCUT2D eigenvalue weighted by Crippen LogP contribution is -2.49. The summed E-state index contributed by atoms with van der Waals surface area (Å²) in [6.45, 7) is 1.32. The number of aliphatic hydroxyl groups is 1. The Hall–Kier alpha value is -3.12. The summed E-state index contributed by atoms with van der Waals surface area (Å²) in [5.74, 6) is -0.293. The molecule has 1 spiro atoms. The van der Waals surface area contributed by atoms with E-state index in [0.717, 1.165) is 42.1 Å². The molecule has 12 heteroatoms. The van der Waals surface area contributed by atoms with Gasteiger partial charge in [0.25, 0.3) is 5.91 Å². The third-order valence-electron chi connectivity index (χ3n) is 9.92. The van der Waals surface area contributed by atoms with Gasteiger partial charge in [-0.1, -0.05) is 29.8 Å². The van der Waals surface area contributed by atoms with E-state index < -0.39 is 34.7 Å². The maximum atomic E-state index is 13.5. The summed E-state index contributed by atoms with van der Waals surface area (Å²) in [5, 5.41) is 11.9. The van der Waals surface area contributed by atoms with Crippen LogP contribution >= 0.6 is 11.6 Å². The number of rotatable bonds is 2. The van der Waals surface area contributed by atoms with Crippen LogP contribution in [0.3, 0.4) is 0 Å². The third kappa shape index (κ3) is 6.45. The Labute approximate surface area is 270 Å². The third-order valence-corrected chi connectivity index (χ3v) is 11.6. The van der Waals surface area contributed by atoms with Crippen LogP contribution in [-0.2, 0) is 26.8 Å². The molecule has 0 unspecified atom stereocenters. The number of benzene rings is 2. The number of nitrogens with zero attached hydrogens (tertiary/aromatic N) is 3. The Morgan fingerprint density at radius 2 is 2.02 bits per heavy atom. The van der Waals surface area contributed by atoms with E-state index >= 15 is 0 Å². The number of carbonyl (C=O) groups excluding carboxylic acids is 2. The molecule has 0 saturated heterocycles. The van der Waals surface area contributed by atoms with Crippen LogP contribution in [0.25, 0.3) is 0 Å². The maximum Gasteiger partial charge on any atom is 0.304 e. The normalized spacial score (nSPS) is 28.8. The number of halogens is 1. The Kier molecular flexibility index (Phi) is 8.91. The van der Waals surface area contributed by atoms with Crippen LogP contribution in [0.15, 0.2) is 48.6 Å². The van der Waals surface area contributed by atoms with Crippen molar-refractivity contribution in [2.75, 3.05) is 51.8 Å². The first kappa shape index (κ1) is 31.8. The Balaban J connectivity index is 1.39. The first-order valence-electron chi connectivity index (χ1n) is 15.6. The molecule has 1 fully saturated rings. The second kappa shape index (κ2) is 12.6. The molecule has 4 atom stereocenters. The minimum Gasteiger partial charge on any atom is -0.490 e. The molecule has 2 heterocycles. The number of hydrogen-bond acceptors (Lipinski definition) is 7. The van der Waals surface area contributed by atoms with Crippen LogP contribution in [0.5, 0.6) is 5.75 Å². The molecule has 2 aliphatic carbocycles. The minimum absolute atomic E-state index is 0.0277. The highest BCUT2D eigenvalue weighted by molar-refractivity contribution is 7.87. The van der Waals surface area contributed by atoms with E-state index in [1.165, 1.54) is 16.0 Å². The largest absolute Gasteiger partial charge is 0.490 e. The molecule has 1 saturated carbocycles. The number of carbonyl (C=O) groups is 2. The predicted molar refractivity (Wildman–Crippen MR) is 173 cm³/mol. The van der Waals surface area contributed by atoms with E-state index in [1.54, 1.807) is 44.4 Å². The SMILES string of the molecule is CN(C)C(=O)CN1CC/C=C\[C@H](O)[C@@H]2CC[C@H]2CN2C[C@@]3(CCCc4cc(Cl)ccc43)COc3ccc(cc32)C(=O)NS1(=O)=O. The van der Waals surface area contributed by atoms with Gasteiger partial charge in [0, 0.05) is 49.7 Å². The molecule has 2 bridgehead atoms. The summed E-state index contributed by atoms with van der Waals surface area (Å²) in [7, 11) is -1.27. The fourth-order valence-corrected chi connectivity index (χ4v) is 8.53. The van der Waals surface area contributed by atoms with Gasteiger partial charge in [-0.05, 0) is 91.8 Å². The fraction of sp³-hybridized carbons (Fsp3) is 0.515. The molecule has 45 heavy (non-hydrogen) atoms. The van der Waals surface area contributed by atoms with Crippen molar-refractivity contribution >= 4 is 39.3 Å². The minimum atomic E-state index is -4.37. The summed E-state index contributed by atoms with van der Waals surface area (Å²) in [5.41, 5.74) is 3.04. The lowest BCUT2D eigenvalue weighted by atomic mass is 9.68. The monoisotopic (exact) mass is 656 g/mol.